The number of rotatable bonds is 1. The molecule has 2 aliphatic heterocycles. The summed E-state index contributed by atoms with van der Waals surface area (Å²) in [5.41, 5.74) is 4.54. The van der Waals surface area contributed by atoms with Gasteiger partial charge in [-0.3, -0.25) is 29.2 Å². The number of amides is 4. The van der Waals surface area contributed by atoms with E-state index in [1.54, 1.807) is 19.2 Å². The molecule has 0 aliphatic carbocycles. The van der Waals surface area contributed by atoms with Crippen molar-refractivity contribution in [2.24, 2.45) is 5.92 Å². The van der Waals surface area contributed by atoms with Gasteiger partial charge in [0.1, 0.15) is 18.1 Å². The van der Waals surface area contributed by atoms with Crippen LogP contribution in [-0.2, 0) is 19.2 Å². The van der Waals surface area contributed by atoms with Crippen LogP contribution in [0, 0.1) is 5.92 Å². The fourth-order valence-electron chi connectivity index (χ4n) is 4.56. The van der Waals surface area contributed by atoms with Crippen molar-refractivity contribution in [2.45, 2.75) is 64.7 Å². The number of nitrogens with one attached hydrogen (secondary N) is 4. The summed E-state index contributed by atoms with van der Waals surface area (Å²) in [5, 5.41) is 11.7. The van der Waals surface area contributed by atoms with Gasteiger partial charge in [-0.2, -0.15) is 0 Å². The van der Waals surface area contributed by atoms with Gasteiger partial charge in [0.15, 0.2) is 0 Å². The summed E-state index contributed by atoms with van der Waals surface area (Å²) >= 11 is 0. The van der Waals surface area contributed by atoms with Crippen LogP contribution in [0.4, 0.5) is 0 Å². The maximum absolute atomic E-state index is 13.1. The van der Waals surface area contributed by atoms with E-state index in [-0.39, 0.29) is 23.8 Å². The van der Waals surface area contributed by atoms with Gasteiger partial charge in [0.2, 0.25) is 17.7 Å². The first-order valence-corrected chi connectivity index (χ1v) is 12.7. The molecule has 1 unspecified atom stereocenters. The van der Waals surface area contributed by atoms with E-state index >= 15 is 0 Å². The van der Waals surface area contributed by atoms with E-state index in [2.05, 4.69) is 26.4 Å². The lowest BCUT2D eigenvalue weighted by Gasteiger charge is -2.35. The molecule has 4 N–H and O–H groups in total. The maximum atomic E-state index is 13.1. The van der Waals surface area contributed by atoms with E-state index in [1.165, 1.54) is 11.1 Å². The third-order valence-corrected chi connectivity index (χ3v) is 6.78. The van der Waals surface area contributed by atoms with Crippen LogP contribution in [-0.4, -0.2) is 58.3 Å². The molecule has 0 radical (unpaired) electrons. The molecule has 0 spiro atoms. The first kappa shape index (κ1) is 26.3. The summed E-state index contributed by atoms with van der Waals surface area (Å²) in [7, 11) is 0. The van der Waals surface area contributed by atoms with Crippen molar-refractivity contribution >= 4 is 40.5 Å². The Labute approximate surface area is 216 Å². The molecule has 5 bridgehead atoms. The zero-order valence-electron chi connectivity index (χ0n) is 21.6. The number of hydrogen-bond acceptors (Lipinski definition) is 6. The minimum Gasteiger partial charge on any atom is -0.348 e. The number of hydrazine groups is 1. The van der Waals surface area contributed by atoms with Gasteiger partial charge in [0.25, 0.3) is 5.91 Å². The topological polar surface area (TPSA) is 133 Å². The average molecular weight is 507 g/mol. The molecule has 4 amide bonds. The highest BCUT2D eigenvalue weighted by Gasteiger charge is 2.33. The minimum absolute atomic E-state index is 0.197. The molecule has 37 heavy (non-hydrogen) atoms. The molecular weight excluding hydrogens is 472 g/mol. The van der Waals surface area contributed by atoms with Crippen LogP contribution in [0.1, 0.15) is 57.8 Å². The third kappa shape index (κ3) is 6.14. The van der Waals surface area contributed by atoms with Gasteiger partial charge >= 0.3 is 0 Å². The van der Waals surface area contributed by atoms with Crippen LogP contribution in [0.2, 0.25) is 0 Å². The van der Waals surface area contributed by atoms with E-state index in [4.69, 9.17) is 0 Å². The Balaban J connectivity index is 1.68. The minimum atomic E-state index is -0.848. The van der Waals surface area contributed by atoms with Gasteiger partial charge < -0.3 is 16.0 Å². The van der Waals surface area contributed by atoms with E-state index in [1.807, 2.05) is 45.0 Å². The van der Waals surface area contributed by atoms with Gasteiger partial charge in [-0.1, -0.05) is 26.0 Å². The van der Waals surface area contributed by atoms with Crippen molar-refractivity contribution < 1.29 is 19.2 Å². The lowest BCUT2D eigenvalue weighted by atomic mass is 10.0. The predicted octanol–water partition coefficient (Wildman–Crippen LogP) is 1.58. The zero-order chi connectivity index (χ0) is 26.7. The highest BCUT2D eigenvalue weighted by molar-refractivity contribution is 5.97. The van der Waals surface area contributed by atoms with E-state index < -0.39 is 29.9 Å². The van der Waals surface area contributed by atoms with Crippen molar-refractivity contribution in [3.05, 3.63) is 47.8 Å². The molecule has 196 valence electrons. The molecule has 3 heterocycles. The molecule has 10 heteroatoms. The predicted molar refractivity (Wildman–Crippen MR) is 140 cm³/mol. The van der Waals surface area contributed by atoms with Gasteiger partial charge in [-0.25, -0.2) is 5.43 Å². The molecule has 4 atom stereocenters. The number of hydrogen-bond donors (Lipinski definition) is 4. The lowest BCUT2D eigenvalue weighted by molar-refractivity contribution is -0.143. The molecule has 1 saturated heterocycles. The van der Waals surface area contributed by atoms with Crippen molar-refractivity contribution in [3.63, 3.8) is 0 Å². The van der Waals surface area contributed by atoms with Crippen molar-refractivity contribution in [3.8, 4) is 0 Å². The smallest absolute Gasteiger partial charge is 0.258 e. The first-order chi connectivity index (χ1) is 17.6. The number of carbonyl (C=O) groups is 4. The van der Waals surface area contributed by atoms with E-state index in [0.717, 1.165) is 16.3 Å². The Hall–Kier alpha value is -3.79. The Morgan fingerprint density at radius 2 is 1.68 bits per heavy atom. The summed E-state index contributed by atoms with van der Waals surface area (Å²) in [4.78, 5) is 56.2. The number of fused-ring (bicyclic) bond motifs is 4. The normalized spacial score (nSPS) is 26.7. The fourth-order valence-corrected chi connectivity index (χ4v) is 4.56. The van der Waals surface area contributed by atoms with Gasteiger partial charge in [0.05, 0.1) is 11.7 Å². The number of benzene rings is 1. The van der Waals surface area contributed by atoms with Crippen LogP contribution < -0.4 is 21.4 Å². The monoisotopic (exact) mass is 506 g/mol. The van der Waals surface area contributed by atoms with Crippen LogP contribution in [0.3, 0.4) is 0 Å². The van der Waals surface area contributed by atoms with Crippen molar-refractivity contribution in [2.75, 3.05) is 6.54 Å². The van der Waals surface area contributed by atoms with E-state index in [0.29, 0.717) is 25.1 Å². The SMILES string of the molecule is CC(C)C1NC(=O)/C=C\c2cc3cc(ccc3cn2)[C@@H](C)NC(=O)[C@@H]2CCCN(N2)C(=O)[C@H](C)NC1=O. The Bertz CT molecular complexity index is 1240. The molecule has 4 rings (SSSR count). The van der Waals surface area contributed by atoms with E-state index in [9.17, 15) is 19.2 Å². The van der Waals surface area contributed by atoms with Crippen LogP contribution in [0.25, 0.3) is 16.8 Å². The highest BCUT2D eigenvalue weighted by Crippen LogP contribution is 2.22. The molecule has 1 aromatic heterocycles. The Morgan fingerprint density at radius 1 is 0.919 bits per heavy atom. The number of nitrogens with zero attached hydrogens (tertiary/aromatic N) is 2. The lowest BCUT2D eigenvalue weighted by Crippen LogP contribution is -2.61. The molecular formula is C27H34N6O4. The third-order valence-electron chi connectivity index (χ3n) is 6.78. The summed E-state index contributed by atoms with van der Waals surface area (Å²) in [6.45, 7) is 7.56. The van der Waals surface area contributed by atoms with Gasteiger partial charge in [0, 0.05) is 24.2 Å². The first-order valence-electron chi connectivity index (χ1n) is 12.7. The van der Waals surface area contributed by atoms with Crippen molar-refractivity contribution in [1.29, 1.82) is 0 Å². The summed E-state index contributed by atoms with van der Waals surface area (Å²) in [6, 6.07) is 5.23. The largest absolute Gasteiger partial charge is 0.348 e. The molecule has 1 fully saturated rings. The van der Waals surface area contributed by atoms with Gasteiger partial charge in [-0.15, -0.1) is 0 Å². The Kier molecular flexibility index (Phi) is 7.87. The van der Waals surface area contributed by atoms with Gasteiger partial charge in [-0.05, 0) is 61.8 Å². The van der Waals surface area contributed by atoms with Crippen molar-refractivity contribution in [1.82, 2.24) is 31.4 Å². The summed E-state index contributed by atoms with van der Waals surface area (Å²) < 4.78 is 0. The number of aromatic nitrogens is 1. The Morgan fingerprint density at radius 3 is 2.43 bits per heavy atom. The highest BCUT2D eigenvalue weighted by atomic mass is 16.2. The maximum Gasteiger partial charge on any atom is 0.258 e. The second-order valence-corrected chi connectivity index (χ2v) is 10.1. The summed E-state index contributed by atoms with van der Waals surface area (Å²) in [6.07, 6.45) is 5.90. The van der Waals surface area contributed by atoms with Crippen LogP contribution in [0.5, 0.6) is 0 Å². The average Bonchev–Trinajstić information content (AvgIpc) is 2.88. The number of pyridine rings is 1. The second-order valence-electron chi connectivity index (χ2n) is 10.1. The van der Waals surface area contributed by atoms with Crippen LogP contribution in [0.15, 0.2) is 36.5 Å². The number of carbonyl (C=O) groups excluding carboxylic acids is 4. The molecule has 2 aromatic rings. The molecule has 10 nitrogen and oxygen atoms in total. The standard InChI is InChI=1S/C27H34N6O4/c1-15(2)24-26(36)30-17(4)27(37)33-11-5-6-22(32-33)25(35)29-16(3)18-7-8-19-14-28-21(13-20(19)12-18)9-10-23(34)31-24/h7-10,12-17,22,24,32H,5-6,11H2,1-4H3,(H,29,35)(H,30,36)(H,31,34)/b10-9-/t16-,17+,22+,24?/m1/s1. The zero-order valence-corrected chi connectivity index (χ0v) is 21.6. The van der Waals surface area contributed by atoms with Crippen LogP contribution >= 0.6 is 0 Å². The quantitative estimate of drug-likeness (QED) is 0.464. The molecule has 2 aliphatic rings. The molecule has 0 saturated carbocycles. The fraction of sp³-hybridized carbons (Fsp3) is 0.444. The molecule has 1 aromatic carbocycles. The summed E-state index contributed by atoms with van der Waals surface area (Å²) in [5.74, 6) is -1.65. The second kappa shape index (κ2) is 11.1.